The number of benzene rings is 2. The van der Waals surface area contributed by atoms with Crippen molar-refractivity contribution in [1.29, 1.82) is 0 Å². The van der Waals surface area contributed by atoms with Gasteiger partial charge in [0.25, 0.3) is 0 Å². The monoisotopic (exact) mass is 559 g/mol. The fraction of sp³-hybridized carbons (Fsp3) is 0.414. The number of carbonyl (C=O) groups is 3. The highest BCUT2D eigenvalue weighted by molar-refractivity contribution is 6.00. The predicted molar refractivity (Wildman–Crippen MR) is 152 cm³/mol. The Bertz CT molecular complexity index is 1140. The van der Waals surface area contributed by atoms with Gasteiger partial charge < -0.3 is 20.3 Å². The Hall–Kier alpha value is -3.99. The fourth-order valence-electron chi connectivity index (χ4n) is 3.56. The molecule has 0 aliphatic rings. The maximum atomic E-state index is 12.8. The number of hydrogen-bond donors (Lipinski definition) is 2. The summed E-state index contributed by atoms with van der Waals surface area (Å²) in [6.45, 7) is 3.61. The largest absolute Gasteiger partial charge is 0.469 e. The van der Waals surface area contributed by atoms with Crippen LogP contribution < -0.4 is 10.6 Å². The van der Waals surface area contributed by atoms with Crippen LogP contribution in [0, 0.1) is 11.6 Å². The minimum atomic E-state index is -0.910. The number of nitrogens with zero attached hydrogens (tertiary/aromatic N) is 3. The Morgan fingerprint density at radius 3 is 2.33 bits per heavy atom. The number of hydrogen-bond acceptors (Lipinski definition) is 7. The molecule has 0 saturated heterocycles. The molecule has 0 heterocycles. The van der Waals surface area contributed by atoms with Gasteiger partial charge in [0.2, 0.25) is 12.3 Å². The summed E-state index contributed by atoms with van der Waals surface area (Å²) >= 11 is 0. The third kappa shape index (κ3) is 13.7. The van der Waals surface area contributed by atoms with Crippen molar-refractivity contribution in [1.82, 2.24) is 15.5 Å². The molecule has 9 nitrogen and oxygen atoms in total. The van der Waals surface area contributed by atoms with Gasteiger partial charge in [0, 0.05) is 31.0 Å². The van der Waals surface area contributed by atoms with Gasteiger partial charge in [0.05, 0.1) is 12.8 Å². The molecule has 2 amide bonds. The second-order valence-electron chi connectivity index (χ2n) is 9.12. The van der Waals surface area contributed by atoms with Gasteiger partial charge in [-0.15, -0.1) is 5.10 Å². The molecule has 0 aliphatic heterocycles. The predicted octanol–water partition coefficient (Wildman–Crippen LogP) is 4.21. The zero-order valence-corrected chi connectivity index (χ0v) is 23.7. The molecule has 1 atom stereocenters. The molecule has 218 valence electrons. The van der Waals surface area contributed by atoms with Gasteiger partial charge in [-0.2, -0.15) is 5.10 Å². The van der Waals surface area contributed by atoms with E-state index in [1.165, 1.54) is 19.2 Å². The molecule has 2 aromatic rings. The van der Waals surface area contributed by atoms with Crippen molar-refractivity contribution in [2.75, 3.05) is 21.2 Å². The van der Waals surface area contributed by atoms with Gasteiger partial charge >= 0.3 is 5.97 Å². The van der Waals surface area contributed by atoms with Crippen LogP contribution in [0.4, 0.5) is 8.78 Å². The molecule has 0 saturated carbocycles. The molecule has 0 aliphatic carbocycles. The van der Waals surface area contributed by atoms with Crippen molar-refractivity contribution in [3.05, 3.63) is 71.3 Å². The lowest BCUT2D eigenvalue weighted by Gasteiger charge is -2.24. The number of carbonyl (C=O) groups excluding carboxylic acids is 3. The number of amidine groups is 1. The summed E-state index contributed by atoms with van der Waals surface area (Å²) in [5, 5.41) is 13.3. The van der Waals surface area contributed by atoms with Gasteiger partial charge in [-0.1, -0.05) is 42.5 Å². The van der Waals surface area contributed by atoms with Crippen LogP contribution in [0.2, 0.25) is 0 Å². The Labute approximate surface area is 234 Å². The Morgan fingerprint density at radius 1 is 1.00 bits per heavy atom. The molecule has 0 aromatic heterocycles. The molecule has 40 heavy (non-hydrogen) atoms. The summed E-state index contributed by atoms with van der Waals surface area (Å²) in [6, 6.07) is 13.8. The molecule has 0 bridgehead atoms. The summed E-state index contributed by atoms with van der Waals surface area (Å²) in [5.41, 5.74) is 1.92. The average Bonchev–Trinajstić information content (AvgIpc) is 2.94. The van der Waals surface area contributed by atoms with Crippen molar-refractivity contribution >= 4 is 29.8 Å². The van der Waals surface area contributed by atoms with E-state index >= 15 is 0 Å². The van der Waals surface area contributed by atoms with Gasteiger partial charge in [-0.3, -0.25) is 14.4 Å². The third-order valence-electron chi connectivity index (χ3n) is 5.85. The summed E-state index contributed by atoms with van der Waals surface area (Å²) in [4.78, 5) is 35.3. The van der Waals surface area contributed by atoms with E-state index in [2.05, 4.69) is 30.5 Å². The van der Waals surface area contributed by atoms with E-state index in [0.717, 1.165) is 30.2 Å². The van der Waals surface area contributed by atoms with Gasteiger partial charge in [0.15, 0.2) is 11.6 Å². The smallest absolute Gasteiger partial charge is 0.305 e. The van der Waals surface area contributed by atoms with Crippen LogP contribution in [0.25, 0.3) is 0 Å². The van der Waals surface area contributed by atoms with Crippen LogP contribution in [0.15, 0.2) is 58.7 Å². The van der Waals surface area contributed by atoms with Crippen LogP contribution in [0.5, 0.6) is 0 Å². The average molecular weight is 560 g/mol. The van der Waals surface area contributed by atoms with Crippen LogP contribution in [0.1, 0.15) is 57.1 Å². The number of nitrogens with one attached hydrogen (secondary N) is 2. The Balaban J connectivity index is 0.000000552. The zero-order valence-electron chi connectivity index (χ0n) is 23.7. The Morgan fingerprint density at radius 2 is 1.70 bits per heavy atom. The molecule has 2 rings (SSSR count). The van der Waals surface area contributed by atoms with E-state index in [4.69, 9.17) is 0 Å². The number of ether oxygens (including phenoxy) is 1. The van der Waals surface area contributed by atoms with E-state index in [1.807, 2.05) is 51.4 Å². The van der Waals surface area contributed by atoms with Gasteiger partial charge in [0.1, 0.15) is 5.84 Å². The van der Waals surface area contributed by atoms with E-state index in [0.29, 0.717) is 31.5 Å². The van der Waals surface area contributed by atoms with E-state index in [9.17, 15) is 23.2 Å². The standard InChI is InChI=1S/C21H32N4O3.C8H7F2NO/c1-16(18-10-7-6-8-11-18)23-24-17(2)22-20(26)15-14-19(25(3)4)12-9-13-21(27)28-5;9-7-3-1-2-6(8(7)10)4-11-5-12/h6-8,10-11,19H,9,12-15H2,1-5H3,(H,22,24,26);1-3,5H,4H2,(H,11,12)/b23-16+;. The lowest BCUT2D eigenvalue weighted by molar-refractivity contribution is -0.140. The van der Waals surface area contributed by atoms with Crippen molar-refractivity contribution in [2.24, 2.45) is 10.2 Å². The summed E-state index contributed by atoms with van der Waals surface area (Å²) in [6.07, 6.45) is 3.50. The maximum absolute atomic E-state index is 12.8. The normalized spacial score (nSPS) is 12.2. The second-order valence-corrected chi connectivity index (χ2v) is 9.12. The molecular weight excluding hydrogens is 520 g/mol. The second kappa shape index (κ2) is 19.1. The van der Waals surface area contributed by atoms with Crippen molar-refractivity contribution < 1.29 is 27.9 Å². The lowest BCUT2D eigenvalue weighted by atomic mass is 10.0. The molecule has 2 aromatic carbocycles. The fourth-order valence-corrected chi connectivity index (χ4v) is 3.56. The molecule has 11 heteroatoms. The molecule has 0 fully saturated rings. The van der Waals surface area contributed by atoms with Gasteiger partial charge in [-0.05, 0) is 58.8 Å². The van der Waals surface area contributed by atoms with E-state index in [1.54, 1.807) is 6.92 Å². The third-order valence-corrected chi connectivity index (χ3v) is 5.85. The van der Waals surface area contributed by atoms with Gasteiger partial charge in [-0.25, -0.2) is 8.78 Å². The minimum Gasteiger partial charge on any atom is -0.469 e. The molecule has 2 N–H and O–H groups in total. The van der Waals surface area contributed by atoms with Crippen LogP contribution in [-0.2, 0) is 25.7 Å². The molecular formula is C29H39F2N5O4. The van der Waals surface area contributed by atoms with Crippen molar-refractivity contribution in [2.45, 2.75) is 58.5 Å². The van der Waals surface area contributed by atoms with Crippen LogP contribution in [0.3, 0.4) is 0 Å². The van der Waals surface area contributed by atoms with E-state index in [-0.39, 0.29) is 30.0 Å². The van der Waals surface area contributed by atoms with E-state index < -0.39 is 11.6 Å². The highest BCUT2D eigenvalue weighted by atomic mass is 19.2. The highest BCUT2D eigenvalue weighted by Crippen LogP contribution is 2.13. The number of amides is 2. The first-order chi connectivity index (χ1) is 19.1. The Kier molecular flexibility index (Phi) is 16.3. The summed E-state index contributed by atoms with van der Waals surface area (Å²) in [7, 11) is 5.36. The maximum Gasteiger partial charge on any atom is 0.305 e. The van der Waals surface area contributed by atoms with Crippen molar-refractivity contribution in [3.8, 4) is 0 Å². The zero-order chi connectivity index (χ0) is 29.9. The summed E-state index contributed by atoms with van der Waals surface area (Å²) < 4.78 is 30.0. The van der Waals surface area contributed by atoms with Crippen molar-refractivity contribution in [3.63, 3.8) is 0 Å². The number of esters is 1. The topological polar surface area (TPSA) is 112 Å². The first kappa shape index (κ1) is 34.0. The number of halogens is 2. The lowest BCUT2D eigenvalue weighted by Crippen LogP contribution is -2.32. The summed E-state index contributed by atoms with van der Waals surface area (Å²) in [5.74, 6) is -1.64. The van der Waals surface area contributed by atoms with Crippen LogP contribution in [-0.4, -0.2) is 62.0 Å². The molecule has 1 unspecified atom stereocenters. The minimum absolute atomic E-state index is 0.00704. The SMILES string of the molecule is COC(=O)CCCC(CCC(=O)N/C(C)=N/N=C(\C)c1ccccc1)N(C)C.O=CNCc1cccc(F)c1F. The first-order valence-electron chi connectivity index (χ1n) is 12.9. The molecule has 0 spiro atoms. The van der Waals surface area contributed by atoms with Crippen LogP contribution >= 0.6 is 0 Å². The first-order valence-corrected chi connectivity index (χ1v) is 12.9. The molecule has 0 radical (unpaired) electrons. The highest BCUT2D eigenvalue weighted by Gasteiger charge is 2.15. The number of methoxy groups -OCH3 is 1. The number of rotatable bonds is 13. The quantitative estimate of drug-likeness (QED) is 0.126.